The first kappa shape index (κ1) is 13.6. The average Bonchev–Trinajstić information content (AvgIpc) is 2.87. The third-order valence-electron chi connectivity index (χ3n) is 4.29. The molecule has 0 aromatic heterocycles. The van der Waals surface area contributed by atoms with E-state index in [1.807, 2.05) is 52.0 Å². The molecule has 1 fully saturated rings. The minimum atomic E-state index is -0.418. The molecule has 2 aliphatic rings. The van der Waals surface area contributed by atoms with Crippen molar-refractivity contribution >= 4 is 13.2 Å². The van der Waals surface area contributed by atoms with Crippen LogP contribution in [0.5, 0.6) is 5.75 Å². The summed E-state index contributed by atoms with van der Waals surface area (Å²) < 4.78 is 17.3. The number of ether oxygens (including phenoxy) is 1. The lowest BCUT2D eigenvalue weighted by atomic mass is 9.79. The van der Waals surface area contributed by atoms with Crippen LogP contribution in [-0.2, 0) is 9.31 Å². The van der Waals surface area contributed by atoms with Gasteiger partial charge in [0, 0.05) is 6.07 Å². The number of hydrogen-bond acceptors (Lipinski definition) is 4. The number of fused-ring (bicyclic) bond motifs is 1. The highest BCUT2D eigenvalue weighted by atomic mass is 16.7. The molecule has 0 amide bonds. The van der Waals surface area contributed by atoms with Crippen molar-refractivity contribution in [2.24, 2.45) is 4.99 Å². The molecule has 105 valence electrons. The molecular weight excluding hydrogens is 253 g/mol. The third kappa shape index (κ3) is 2.05. The van der Waals surface area contributed by atoms with Crippen LogP contribution in [0.1, 0.15) is 27.7 Å². The van der Waals surface area contributed by atoms with Crippen molar-refractivity contribution < 1.29 is 14.0 Å². The van der Waals surface area contributed by atoms with E-state index in [1.54, 1.807) is 7.11 Å². The van der Waals surface area contributed by atoms with Crippen LogP contribution in [0.2, 0.25) is 0 Å². The summed E-state index contributed by atoms with van der Waals surface area (Å²) >= 11 is 0. The van der Waals surface area contributed by atoms with Gasteiger partial charge in [-0.05, 0) is 51.1 Å². The van der Waals surface area contributed by atoms with Crippen LogP contribution >= 0.6 is 0 Å². The van der Waals surface area contributed by atoms with E-state index in [1.165, 1.54) is 0 Å². The summed E-state index contributed by atoms with van der Waals surface area (Å²) in [5, 5.41) is 1.96. The fourth-order valence-corrected chi connectivity index (χ4v) is 2.28. The van der Waals surface area contributed by atoms with Gasteiger partial charge in [-0.3, -0.25) is 4.99 Å². The Bertz CT molecular complexity index is 638. The number of hydrogen-bond donors (Lipinski definition) is 0. The lowest BCUT2D eigenvalue weighted by molar-refractivity contribution is 0.00578. The zero-order valence-electron chi connectivity index (χ0n) is 12.6. The number of rotatable bonds is 2. The zero-order chi connectivity index (χ0) is 14.5. The molecule has 1 saturated heterocycles. The van der Waals surface area contributed by atoms with E-state index in [4.69, 9.17) is 14.0 Å². The van der Waals surface area contributed by atoms with E-state index in [-0.39, 0.29) is 11.2 Å². The summed E-state index contributed by atoms with van der Waals surface area (Å²) in [6, 6.07) is 5.85. The third-order valence-corrected chi connectivity index (χ3v) is 4.29. The van der Waals surface area contributed by atoms with Crippen LogP contribution in [0.25, 0.3) is 6.08 Å². The first-order valence-corrected chi connectivity index (χ1v) is 6.79. The molecule has 0 N–H and O–H groups in total. The van der Waals surface area contributed by atoms with Crippen molar-refractivity contribution in [3.8, 4) is 5.75 Å². The Morgan fingerprint density at radius 1 is 1.10 bits per heavy atom. The van der Waals surface area contributed by atoms with Crippen molar-refractivity contribution in [1.29, 1.82) is 0 Å². The van der Waals surface area contributed by atoms with Gasteiger partial charge >= 0.3 is 7.12 Å². The van der Waals surface area contributed by atoms with Crippen molar-refractivity contribution in [2.75, 3.05) is 7.11 Å². The molecule has 0 unspecified atom stereocenters. The molecule has 0 atom stereocenters. The van der Waals surface area contributed by atoms with Crippen molar-refractivity contribution in [1.82, 2.24) is 0 Å². The quantitative estimate of drug-likeness (QED) is 0.761. The zero-order valence-corrected chi connectivity index (χ0v) is 12.6. The Morgan fingerprint density at radius 3 is 2.35 bits per heavy atom. The molecule has 0 spiro atoms. The Hall–Kier alpha value is -1.33. The average molecular weight is 272 g/mol. The van der Waals surface area contributed by atoms with Gasteiger partial charge in [-0.15, -0.1) is 0 Å². The van der Waals surface area contributed by atoms with Crippen LogP contribution in [0.15, 0.2) is 23.2 Å². The topological polar surface area (TPSA) is 40.0 Å². The second kappa shape index (κ2) is 4.33. The van der Waals surface area contributed by atoms with Gasteiger partial charge in [0.15, 0.2) is 0 Å². The van der Waals surface area contributed by atoms with Gasteiger partial charge in [0.05, 0.1) is 23.7 Å². The molecule has 1 aromatic rings. The summed E-state index contributed by atoms with van der Waals surface area (Å²) in [5.41, 5.74) is -0.693. The van der Waals surface area contributed by atoms with Crippen molar-refractivity contribution in [2.45, 2.75) is 38.9 Å². The molecule has 0 saturated carbocycles. The first-order chi connectivity index (χ1) is 9.32. The van der Waals surface area contributed by atoms with Crippen molar-refractivity contribution in [3.63, 3.8) is 0 Å². The Kier molecular flexibility index (Phi) is 2.96. The van der Waals surface area contributed by atoms with E-state index < -0.39 is 7.12 Å². The van der Waals surface area contributed by atoms with Gasteiger partial charge in [-0.25, -0.2) is 0 Å². The summed E-state index contributed by atoms with van der Waals surface area (Å²) in [7, 11) is 1.23. The Morgan fingerprint density at radius 2 is 1.75 bits per heavy atom. The summed E-state index contributed by atoms with van der Waals surface area (Å²) in [6.45, 7) is 8.16. The smallest absolute Gasteiger partial charge is 0.494 e. The predicted octanol–water partition coefficient (Wildman–Crippen LogP) is 1.27. The van der Waals surface area contributed by atoms with Crippen molar-refractivity contribution in [3.05, 3.63) is 34.7 Å². The Balaban J connectivity index is 1.90. The van der Waals surface area contributed by atoms with E-state index in [0.29, 0.717) is 0 Å². The molecule has 1 aromatic carbocycles. The molecular formula is C15H19BNO3. The molecule has 2 aliphatic heterocycles. The molecule has 2 heterocycles. The second-order valence-electron chi connectivity index (χ2n) is 6.19. The van der Waals surface area contributed by atoms with Gasteiger partial charge in [0.1, 0.15) is 11.7 Å². The summed E-state index contributed by atoms with van der Waals surface area (Å²) in [5.74, 6) is 1.61. The maximum Gasteiger partial charge on any atom is 0.494 e. The maximum absolute atomic E-state index is 6.02. The minimum absolute atomic E-state index is 0.347. The number of benzene rings is 1. The van der Waals surface area contributed by atoms with Crippen LogP contribution < -0.4 is 15.3 Å². The molecule has 0 bridgehead atoms. The molecule has 1 radical (unpaired) electrons. The predicted molar refractivity (Wildman–Crippen MR) is 77.6 cm³/mol. The summed E-state index contributed by atoms with van der Waals surface area (Å²) in [6.07, 6.45) is 2.01. The van der Waals surface area contributed by atoms with Crippen LogP contribution in [0.3, 0.4) is 0 Å². The molecule has 3 rings (SSSR count). The highest BCUT2D eigenvalue weighted by Gasteiger charge is 2.54. The largest absolute Gasteiger partial charge is 0.497 e. The van der Waals surface area contributed by atoms with E-state index >= 15 is 0 Å². The lowest BCUT2D eigenvalue weighted by Gasteiger charge is -2.32. The standard InChI is InChI=1S/C15H19BNO3/c1-14(2)15(3,4)20-16(19-14)13-8-10-6-7-11(18-5)9-12(10)17-13/h6-9H,1-5H3. The van der Waals surface area contributed by atoms with E-state index in [9.17, 15) is 0 Å². The monoisotopic (exact) mass is 272 g/mol. The number of nitrogens with zero attached hydrogens (tertiary/aromatic N) is 1. The van der Waals surface area contributed by atoms with Gasteiger partial charge in [-0.2, -0.15) is 0 Å². The molecule has 20 heavy (non-hydrogen) atoms. The van der Waals surface area contributed by atoms with Crippen LogP contribution in [-0.4, -0.2) is 25.4 Å². The van der Waals surface area contributed by atoms with Gasteiger partial charge in [0.2, 0.25) is 0 Å². The lowest BCUT2D eigenvalue weighted by Crippen LogP contribution is -2.41. The van der Waals surface area contributed by atoms with Crippen LogP contribution in [0.4, 0.5) is 0 Å². The first-order valence-electron chi connectivity index (χ1n) is 6.79. The van der Waals surface area contributed by atoms with Gasteiger partial charge in [0.25, 0.3) is 0 Å². The highest BCUT2D eigenvalue weighted by molar-refractivity contribution is 6.55. The SMILES string of the molecule is COc1ccc2c(c1)=N[C](B1OC(C)(C)C(C)(C)O1)C=2. The van der Waals surface area contributed by atoms with Gasteiger partial charge < -0.3 is 14.0 Å². The Labute approximate surface area is 119 Å². The van der Waals surface area contributed by atoms with E-state index in [2.05, 4.69) is 4.99 Å². The number of methoxy groups -OCH3 is 1. The molecule has 5 heteroatoms. The fourth-order valence-electron chi connectivity index (χ4n) is 2.28. The fraction of sp³-hybridized carbons (Fsp3) is 0.467. The van der Waals surface area contributed by atoms with E-state index in [0.717, 1.165) is 22.3 Å². The molecule has 0 aliphatic carbocycles. The maximum atomic E-state index is 6.02. The highest BCUT2D eigenvalue weighted by Crippen LogP contribution is 2.39. The normalized spacial score (nSPS) is 23.1. The summed E-state index contributed by atoms with van der Waals surface area (Å²) in [4.78, 5) is 4.60. The second-order valence-corrected chi connectivity index (χ2v) is 6.19. The molecule has 4 nitrogen and oxygen atoms in total. The van der Waals surface area contributed by atoms with Gasteiger partial charge in [-0.1, -0.05) is 0 Å². The van der Waals surface area contributed by atoms with Crippen LogP contribution in [0, 0.1) is 5.94 Å². The minimum Gasteiger partial charge on any atom is -0.497 e.